The van der Waals surface area contributed by atoms with Crippen molar-refractivity contribution in [3.05, 3.63) is 22.9 Å². The molecule has 0 aromatic heterocycles. The van der Waals surface area contributed by atoms with Crippen LogP contribution in [-0.2, 0) is 9.59 Å². The number of Topliss-reactive ketones (excluding diaryl/α,β-unsaturated/α-hetero) is 1. The van der Waals surface area contributed by atoms with E-state index >= 15 is 0 Å². The highest BCUT2D eigenvalue weighted by molar-refractivity contribution is 6.32. The van der Waals surface area contributed by atoms with Gasteiger partial charge >= 0.3 is 0 Å². The highest BCUT2D eigenvalue weighted by atomic mass is 16.2. The first-order chi connectivity index (χ1) is 9.45. The van der Waals surface area contributed by atoms with Gasteiger partial charge in [-0.25, -0.2) is 0 Å². The van der Waals surface area contributed by atoms with E-state index in [1.807, 2.05) is 6.92 Å². The number of carbonyl (C=O) groups is 2. The minimum atomic E-state index is -0.152. The number of unbranched alkanes of at least 4 members (excludes halogenated alkanes) is 3. The van der Waals surface area contributed by atoms with Crippen LogP contribution in [0, 0.1) is 5.92 Å². The molecule has 1 heterocycles. The van der Waals surface area contributed by atoms with Crippen LogP contribution >= 0.6 is 0 Å². The minimum absolute atomic E-state index is 0.113. The maximum Gasteiger partial charge on any atom is 0.262 e. The van der Waals surface area contributed by atoms with Crippen molar-refractivity contribution in [1.82, 2.24) is 4.90 Å². The zero-order valence-electron chi connectivity index (χ0n) is 13.5. The molecule has 1 saturated heterocycles. The monoisotopic (exact) mass is 277 g/mol. The highest BCUT2D eigenvalue weighted by Crippen LogP contribution is 2.29. The van der Waals surface area contributed by atoms with Gasteiger partial charge in [0, 0.05) is 7.05 Å². The van der Waals surface area contributed by atoms with Crippen LogP contribution in [-0.4, -0.2) is 23.6 Å². The van der Waals surface area contributed by atoms with Crippen molar-refractivity contribution in [3.8, 4) is 0 Å². The van der Waals surface area contributed by atoms with Gasteiger partial charge in [-0.2, -0.15) is 0 Å². The van der Waals surface area contributed by atoms with Gasteiger partial charge in [0.05, 0.1) is 11.3 Å². The van der Waals surface area contributed by atoms with E-state index in [0.29, 0.717) is 17.2 Å². The second-order valence-corrected chi connectivity index (χ2v) is 5.68. The fourth-order valence-corrected chi connectivity index (χ4v) is 2.67. The number of rotatable bonds is 6. The zero-order chi connectivity index (χ0) is 15.3. The molecule has 3 nitrogen and oxygen atoms in total. The smallest absolute Gasteiger partial charge is 0.262 e. The van der Waals surface area contributed by atoms with Crippen molar-refractivity contribution in [3.63, 3.8) is 0 Å². The van der Waals surface area contributed by atoms with Gasteiger partial charge in [-0.1, -0.05) is 51.2 Å². The van der Waals surface area contributed by atoms with Crippen molar-refractivity contribution in [1.29, 1.82) is 0 Å². The molecule has 112 valence electrons. The van der Waals surface area contributed by atoms with Crippen molar-refractivity contribution in [2.45, 2.75) is 59.8 Å². The van der Waals surface area contributed by atoms with E-state index < -0.39 is 0 Å². The van der Waals surface area contributed by atoms with Crippen LogP contribution in [0.5, 0.6) is 0 Å². The number of likely N-dealkylation sites (tertiary alicyclic amines) is 1. The maximum absolute atomic E-state index is 12.3. The largest absolute Gasteiger partial charge is 0.308 e. The SMILES string of the molecule is C/C=C1/C(=O)/C(=C(/C)[C@@H](C)CCCCCC)C(=O)N1C. The fraction of sp³-hybridized carbons (Fsp3) is 0.647. The van der Waals surface area contributed by atoms with Gasteiger partial charge < -0.3 is 4.90 Å². The lowest BCUT2D eigenvalue weighted by atomic mass is 9.91. The summed E-state index contributed by atoms with van der Waals surface area (Å²) in [6.45, 7) is 8.04. The Kier molecular flexibility index (Phi) is 6.18. The quantitative estimate of drug-likeness (QED) is 0.420. The van der Waals surface area contributed by atoms with E-state index in [1.54, 1.807) is 20.0 Å². The average molecular weight is 277 g/mol. The Hall–Kier alpha value is -1.38. The molecule has 0 radical (unpaired) electrons. The number of allylic oxidation sites excluding steroid dienone is 3. The Morgan fingerprint density at radius 3 is 2.40 bits per heavy atom. The molecule has 1 rings (SSSR count). The van der Waals surface area contributed by atoms with Gasteiger partial charge in [0.1, 0.15) is 0 Å². The number of carbonyl (C=O) groups excluding carboxylic acids is 2. The Bertz CT molecular complexity index is 446. The molecule has 0 aliphatic carbocycles. The first-order valence-corrected chi connectivity index (χ1v) is 7.65. The molecule has 1 fully saturated rings. The first-order valence-electron chi connectivity index (χ1n) is 7.65. The van der Waals surface area contributed by atoms with Crippen LogP contribution in [0.25, 0.3) is 0 Å². The number of ketones is 1. The molecule has 3 heteroatoms. The fourth-order valence-electron chi connectivity index (χ4n) is 2.67. The lowest BCUT2D eigenvalue weighted by Gasteiger charge is -2.14. The molecule has 1 atom stereocenters. The molecule has 0 saturated carbocycles. The summed E-state index contributed by atoms with van der Waals surface area (Å²) >= 11 is 0. The Morgan fingerprint density at radius 1 is 1.25 bits per heavy atom. The number of hydrogen-bond acceptors (Lipinski definition) is 2. The lowest BCUT2D eigenvalue weighted by molar-refractivity contribution is -0.122. The summed E-state index contributed by atoms with van der Waals surface area (Å²) in [5.74, 6) is 0.0262. The number of nitrogens with zero attached hydrogens (tertiary/aromatic N) is 1. The van der Waals surface area contributed by atoms with Gasteiger partial charge in [-0.05, 0) is 26.2 Å². The maximum atomic E-state index is 12.3. The molecule has 0 spiro atoms. The molecule has 0 unspecified atom stereocenters. The average Bonchev–Trinajstić information content (AvgIpc) is 2.64. The van der Waals surface area contributed by atoms with E-state index in [4.69, 9.17) is 0 Å². The van der Waals surface area contributed by atoms with Crippen molar-refractivity contribution in [2.24, 2.45) is 5.92 Å². The van der Waals surface area contributed by atoms with Gasteiger partial charge in [-0.15, -0.1) is 0 Å². The standard InChI is InChI=1S/C17H27NO2/c1-6-8-9-10-11-12(3)13(4)15-16(19)14(7-2)18(5)17(15)20/h7,12H,6,8-11H2,1-5H3/b14-7-,15-13+/t12-/m0/s1. The molecule has 1 aliphatic rings. The summed E-state index contributed by atoms with van der Waals surface area (Å²) in [5, 5.41) is 0. The van der Waals surface area contributed by atoms with Crippen molar-refractivity contribution < 1.29 is 9.59 Å². The van der Waals surface area contributed by atoms with E-state index in [2.05, 4.69) is 13.8 Å². The van der Waals surface area contributed by atoms with E-state index in [0.717, 1.165) is 18.4 Å². The van der Waals surface area contributed by atoms with E-state index in [9.17, 15) is 9.59 Å². The zero-order valence-corrected chi connectivity index (χ0v) is 13.5. The summed E-state index contributed by atoms with van der Waals surface area (Å²) in [6.07, 6.45) is 7.63. The van der Waals surface area contributed by atoms with Gasteiger partial charge in [0.2, 0.25) is 5.78 Å². The van der Waals surface area contributed by atoms with Crippen LogP contribution in [0.3, 0.4) is 0 Å². The van der Waals surface area contributed by atoms with Gasteiger partial charge in [0.25, 0.3) is 5.91 Å². The lowest BCUT2D eigenvalue weighted by Crippen LogP contribution is -2.19. The Balaban J connectivity index is 2.84. The molecule has 0 aromatic carbocycles. The molecular weight excluding hydrogens is 250 g/mol. The molecule has 0 N–H and O–H groups in total. The third kappa shape index (κ3) is 3.38. The number of likely N-dealkylation sites (N-methyl/N-ethyl adjacent to an activating group) is 1. The normalized spacial score (nSPS) is 21.9. The molecule has 20 heavy (non-hydrogen) atoms. The van der Waals surface area contributed by atoms with Crippen molar-refractivity contribution >= 4 is 11.7 Å². The molecule has 0 bridgehead atoms. The number of hydrogen-bond donors (Lipinski definition) is 0. The summed E-state index contributed by atoms with van der Waals surface area (Å²) in [6, 6.07) is 0. The third-order valence-corrected chi connectivity index (χ3v) is 4.24. The van der Waals surface area contributed by atoms with Crippen LogP contribution < -0.4 is 0 Å². The van der Waals surface area contributed by atoms with Crippen LogP contribution in [0.15, 0.2) is 22.9 Å². The second kappa shape index (κ2) is 7.41. The predicted molar refractivity (Wildman–Crippen MR) is 82.2 cm³/mol. The van der Waals surface area contributed by atoms with Crippen molar-refractivity contribution in [2.75, 3.05) is 7.05 Å². The van der Waals surface area contributed by atoms with Gasteiger partial charge in [0.15, 0.2) is 0 Å². The van der Waals surface area contributed by atoms with E-state index in [-0.39, 0.29) is 11.7 Å². The predicted octanol–water partition coefficient (Wildman–Crippen LogP) is 3.85. The van der Waals surface area contributed by atoms with Gasteiger partial charge in [-0.3, -0.25) is 9.59 Å². The van der Waals surface area contributed by atoms with Crippen LogP contribution in [0.2, 0.25) is 0 Å². The molecule has 1 aliphatic heterocycles. The summed E-state index contributed by atoms with van der Waals surface area (Å²) in [5.41, 5.74) is 1.84. The van der Waals surface area contributed by atoms with Crippen LogP contribution in [0.1, 0.15) is 59.8 Å². The summed E-state index contributed by atoms with van der Waals surface area (Å²) < 4.78 is 0. The Labute approximate surface area is 122 Å². The minimum Gasteiger partial charge on any atom is -0.308 e. The van der Waals surface area contributed by atoms with E-state index in [1.165, 1.54) is 24.2 Å². The topological polar surface area (TPSA) is 37.4 Å². The number of amides is 1. The molecule has 1 amide bonds. The summed E-state index contributed by atoms with van der Waals surface area (Å²) in [4.78, 5) is 26.0. The molecular formula is C17H27NO2. The molecule has 0 aromatic rings. The summed E-state index contributed by atoms with van der Waals surface area (Å²) in [7, 11) is 1.67. The highest BCUT2D eigenvalue weighted by Gasteiger charge is 2.37. The first kappa shape index (κ1) is 16.7. The van der Waals surface area contributed by atoms with Crippen LogP contribution in [0.4, 0.5) is 0 Å². The third-order valence-electron chi connectivity index (χ3n) is 4.24. The second-order valence-electron chi connectivity index (χ2n) is 5.68. The Morgan fingerprint density at radius 2 is 1.90 bits per heavy atom.